The first kappa shape index (κ1) is 13.5. The van der Waals surface area contributed by atoms with Gasteiger partial charge in [0.2, 0.25) is 5.91 Å². The van der Waals surface area contributed by atoms with E-state index in [1.807, 2.05) is 6.92 Å². The molecular weight excluding hydrogens is 204 g/mol. The predicted molar refractivity (Wildman–Crippen MR) is 64.1 cm³/mol. The zero-order chi connectivity index (χ0) is 12.1. The third-order valence-electron chi connectivity index (χ3n) is 3.23. The minimum Gasteiger partial charge on any atom is -0.365 e. The van der Waals surface area contributed by atoms with Crippen molar-refractivity contribution in [3.05, 3.63) is 0 Å². The number of carbonyl (C=O) groups excluding carboxylic acids is 1. The number of rotatable bonds is 6. The minimum absolute atomic E-state index is 0.00540. The number of amides is 1. The van der Waals surface area contributed by atoms with Crippen LogP contribution >= 0.6 is 0 Å². The first-order chi connectivity index (χ1) is 7.56. The summed E-state index contributed by atoms with van der Waals surface area (Å²) in [4.78, 5) is 11.8. The van der Waals surface area contributed by atoms with Crippen molar-refractivity contribution in [1.82, 2.24) is 5.32 Å². The highest BCUT2D eigenvalue weighted by molar-refractivity contribution is 5.80. The Morgan fingerprint density at radius 3 is 2.44 bits per heavy atom. The van der Waals surface area contributed by atoms with Gasteiger partial charge < -0.3 is 15.8 Å². The van der Waals surface area contributed by atoms with Crippen molar-refractivity contribution >= 4 is 5.91 Å². The van der Waals surface area contributed by atoms with Crippen molar-refractivity contribution in [2.45, 2.75) is 70.7 Å². The highest BCUT2D eigenvalue weighted by Crippen LogP contribution is 2.22. The second kappa shape index (κ2) is 6.21. The summed E-state index contributed by atoms with van der Waals surface area (Å²) >= 11 is 0. The van der Waals surface area contributed by atoms with E-state index in [-0.39, 0.29) is 30.2 Å². The number of nitrogens with two attached hydrogens (primary N) is 1. The fourth-order valence-electron chi connectivity index (χ4n) is 1.88. The van der Waals surface area contributed by atoms with Gasteiger partial charge in [-0.15, -0.1) is 0 Å². The summed E-state index contributed by atoms with van der Waals surface area (Å²) in [6, 6.07) is 0.529. The van der Waals surface area contributed by atoms with Crippen molar-refractivity contribution in [2.75, 3.05) is 0 Å². The van der Waals surface area contributed by atoms with Gasteiger partial charge in [0, 0.05) is 12.1 Å². The van der Waals surface area contributed by atoms with Crippen LogP contribution in [-0.4, -0.2) is 30.2 Å². The lowest BCUT2D eigenvalue weighted by atomic mass is 9.90. The molecule has 1 rings (SSSR count). The van der Waals surface area contributed by atoms with Crippen LogP contribution in [0.5, 0.6) is 0 Å². The first-order valence-electron chi connectivity index (χ1n) is 6.28. The van der Waals surface area contributed by atoms with Crippen LogP contribution in [0.15, 0.2) is 0 Å². The smallest absolute Gasteiger partial charge is 0.249 e. The molecule has 0 heterocycles. The maximum atomic E-state index is 11.8. The molecule has 1 amide bonds. The third kappa shape index (κ3) is 3.76. The van der Waals surface area contributed by atoms with E-state index in [0.717, 1.165) is 25.7 Å². The lowest BCUT2D eigenvalue weighted by molar-refractivity contribution is -0.140. The van der Waals surface area contributed by atoms with Crippen molar-refractivity contribution in [3.8, 4) is 0 Å². The number of nitrogens with one attached hydrogen (secondary N) is 1. The van der Waals surface area contributed by atoms with Gasteiger partial charge in [-0.3, -0.25) is 4.79 Å². The summed E-state index contributed by atoms with van der Waals surface area (Å²) in [6.45, 7) is 5.96. The maximum absolute atomic E-state index is 11.8. The van der Waals surface area contributed by atoms with Crippen LogP contribution in [-0.2, 0) is 9.53 Å². The second-order valence-electron chi connectivity index (χ2n) is 4.65. The van der Waals surface area contributed by atoms with Crippen molar-refractivity contribution in [2.24, 2.45) is 5.73 Å². The lowest BCUT2D eigenvalue weighted by Crippen LogP contribution is -2.47. The van der Waals surface area contributed by atoms with Crippen LogP contribution in [0.1, 0.15) is 46.5 Å². The van der Waals surface area contributed by atoms with Crippen LogP contribution in [0.4, 0.5) is 0 Å². The average Bonchev–Trinajstić information content (AvgIpc) is 2.23. The molecule has 1 aliphatic carbocycles. The van der Waals surface area contributed by atoms with Gasteiger partial charge in [-0.2, -0.15) is 0 Å². The van der Waals surface area contributed by atoms with Crippen molar-refractivity contribution < 1.29 is 9.53 Å². The predicted octanol–water partition coefficient (Wildman–Crippen LogP) is 1.19. The molecule has 4 nitrogen and oxygen atoms in total. The Hall–Kier alpha value is -0.610. The number of hydrogen-bond acceptors (Lipinski definition) is 3. The molecule has 4 heteroatoms. The number of ether oxygens (including phenoxy) is 1. The molecule has 1 atom stereocenters. The molecular formula is C12H24N2O2. The standard InChI is InChI=1S/C12H24N2O2/c1-4-10(5-2)14-12(15)8(3)16-11-6-9(13)7-11/h8-11H,4-7,13H2,1-3H3,(H,14,15). The van der Waals surface area contributed by atoms with E-state index < -0.39 is 0 Å². The van der Waals surface area contributed by atoms with Crippen molar-refractivity contribution in [3.63, 3.8) is 0 Å². The Kier molecular flexibility index (Phi) is 5.22. The summed E-state index contributed by atoms with van der Waals surface area (Å²) in [7, 11) is 0. The molecule has 1 fully saturated rings. The Morgan fingerprint density at radius 2 is 2.00 bits per heavy atom. The zero-order valence-electron chi connectivity index (χ0n) is 10.5. The van der Waals surface area contributed by atoms with E-state index >= 15 is 0 Å². The molecule has 16 heavy (non-hydrogen) atoms. The molecule has 0 aromatic heterocycles. The summed E-state index contributed by atoms with van der Waals surface area (Å²) in [6.07, 6.45) is 3.49. The molecule has 0 bridgehead atoms. The number of carbonyl (C=O) groups is 1. The van der Waals surface area contributed by atoms with E-state index in [1.54, 1.807) is 0 Å². The van der Waals surface area contributed by atoms with Gasteiger partial charge in [-0.05, 0) is 32.6 Å². The Bertz CT molecular complexity index is 223. The van der Waals surface area contributed by atoms with Crippen LogP contribution in [0, 0.1) is 0 Å². The van der Waals surface area contributed by atoms with Gasteiger partial charge in [-0.1, -0.05) is 13.8 Å². The quantitative estimate of drug-likeness (QED) is 0.717. The van der Waals surface area contributed by atoms with Gasteiger partial charge in [0.25, 0.3) is 0 Å². The molecule has 1 saturated carbocycles. The largest absolute Gasteiger partial charge is 0.365 e. The molecule has 0 saturated heterocycles. The van der Waals surface area contributed by atoms with Crippen LogP contribution in [0.25, 0.3) is 0 Å². The minimum atomic E-state index is -0.363. The summed E-state index contributed by atoms with van der Waals surface area (Å²) < 4.78 is 5.62. The van der Waals surface area contributed by atoms with E-state index in [0.29, 0.717) is 0 Å². The fourth-order valence-corrected chi connectivity index (χ4v) is 1.88. The van der Waals surface area contributed by atoms with E-state index in [1.165, 1.54) is 0 Å². The molecule has 0 spiro atoms. The average molecular weight is 228 g/mol. The maximum Gasteiger partial charge on any atom is 0.249 e. The highest BCUT2D eigenvalue weighted by atomic mass is 16.5. The third-order valence-corrected chi connectivity index (χ3v) is 3.23. The molecule has 1 unspecified atom stereocenters. The highest BCUT2D eigenvalue weighted by Gasteiger charge is 2.30. The monoisotopic (exact) mass is 228 g/mol. The van der Waals surface area contributed by atoms with Gasteiger partial charge >= 0.3 is 0 Å². The van der Waals surface area contributed by atoms with E-state index in [4.69, 9.17) is 10.5 Å². The molecule has 0 aromatic rings. The SMILES string of the molecule is CCC(CC)NC(=O)C(C)OC1CC(N)C1. The molecule has 1 aliphatic rings. The Morgan fingerprint density at radius 1 is 1.44 bits per heavy atom. The normalized spacial score (nSPS) is 26.3. The van der Waals surface area contributed by atoms with Crippen LogP contribution < -0.4 is 11.1 Å². The molecule has 3 N–H and O–H groups in total. The summed E-state index contributed by atoms with van der Waals surface area (Å²) in [5, 5.41) is 2.99. The molecule has 0 radical (unpaired) electrons. The first-order valence-corrected chi connectivity index (χ1v) is 6.28. The van der Waals surface area contributed by atoms with Gasteiger partial charge in [0.05, 0.1) is 6.10 Å². The molecule has 0 aromatic carbocycles. The Balaban J connectivity index is 2.24. The summed E-state index contributed by atoms with van der Waals surface area (Å²) in [5.74, 6) is -0.00540. The fraction of sp³-hybridized carbons (Fsp3) is 0.917. The van der Waals surface area contributed by atoms with E-state index in [2.05, 4.69) is 19.2 Å². The van der Waals surface area contributed by atoms with Crippen molar-refractivity contribution in [1.29, 1.82) is 0 Å². The zero-order valence-corrected chi connectivity index (χ0v) is 10.5. The summed E-state index contributed by atoms with van der Waals surface area (Å²) in [5.41, 5.74) is 5.66. The van der Waals surface area contributed by atoms with Crippen LogP contribution in [0.2, 0.25) is 0 Å². The van der Waals surface area contributed by atoms with Crippen LogP contribution in [0.3, 0.4) is 0 Å². The van der Waals surface area contributed by atoms with Gasteiger partial charge in [0.1, 0.15) is 6.10 Å². The second-order valence-corrected chi connectivity index (χ2v) is 4.65. The molecule has 0 aliphatic heterocycles. The lowest BCUT2D eigenvalue weighted by Gasteiger charge is -2.34. The van der Waals surface area contributed by atoms with E-state index in [9.17, 15) is 4.79 Å². The van der Waals surface area contributed by atoms with Gasteiger partial charge in [-0.25, -0.2) is 0 Å². The number of hydrogen-bond donors (Lipinski definition) is 2. The Labute approximate surface area is 97.9 Å². The van der Waals surface area contributed by atoms with Gasteiger partial charge in [0.15, 0.2) is 0 Å². The molecule has 94 valence electrons. The topological polar surface area (TPSA) is 64.3 Å².